The highest BCUT2D eigenvalue weighted by Crippen LogP contribution is 2.50. The number of esters is 1. The molecule has 6 rings (SSSR count). The van der Waals surface area contributed by atoms with Gasteiger partial charge in [-0.25, -0.2) is 4.79 Å². The Morgan fingerprint density at radius 1 is 0.943 bits per heavy atom. The van der Waals surface area contributed by atoms with Crippen molar-refractivity contribution in [2.45, 2.75) is 18.4 Å². The van der Waals surface area contributed by atoms with Gasteiger partial charge in [-0.15, -0.1) is 0 Å². The van der Waals surface area contributed by atoms with Gasteiger partial charge in [-0.05, 0) is 52.4 Å². The lowest BCUT2D eigenvalue weighted by molar-refractivity contribution is -0.384. The summed E-state index contributed by atoms with van der Waals surface area (Å²) >= 11 is 0. The van der Waals surface area contributed by atoms with E-state index in [1.54, 1.807) is 24.3 Å². The first-order valence-corrected chi connectivity index (χ1v) is 11.6. The molecule has 0 aromatic heterocycles. The Morgan fingerprint density at radius 3 is 2.54 bits per heavy atom. The first-order valence-electron chi connectivity index (χ1n) is 11.6. The van der Waals surface area contributed by atoms with Crippen LogP contribution < -0.4 is 10.1 Å². The van der Waals surface area contributed by atoms with Crippen LogP contribution in [0.25, 0.3) is 10.8 Å². The maximum Gasteiger partial charge on any atom is 0.345 e. The number of ether oxygens (including phenoxy) is 1. The molecule has 3 atom stereocenters. The zero-order chi connectivity index (χ0) is 23.9. The molecule has 0 amide bonds. The Morgan fingerprint density at radius 2 is 1.74 bits per heavy atom. The van der Waals surface area contributed by atoms with Crippen molar-refractivity contribution in [1.82, 2.24) is 0 Å². The highest BCUT2D eigenvalue weighted by molar-refractivity contribution is 5.98. The number of anilines is 1. The third kappa shape index (κ3) is 3.73. The minimum absolute atomic E-state index is 0.0608. The second kappa shape index (κ2) is 8.40. The molecule has 2 aliphatic rings. The molecule has 1 aliphatic heterocycles. The Hall–Kier alpha value is -4.45. The summed E-state index contributed by atoms with van der Waals surface area (Å²) in [5.74, 6) is 0.482. The van der Waals surface area contributed by atoms with Crippen molar-refractivity contribution in [2.24, 2.45) is 5.92 Å². The van der Waals surface area contributed by atoms with Crippen LogP contribution in [-0.2, 0) is 0 Å². The molecule has 6 nitrogen and oxygen atoms in total. The number of nitrogens with one attached hydrogen (secondary N) is 1. The van der Waals surface area contributed by atoms with Crippen LogP contribution in [0.4, 0.5) is 11.4 Å². The number of allylic oxidation sites excluding steroid dienone is 2. The average molecular weight is 463 g/mol. The fraction of sp³-hybridized carbons (Fsp3) is 0.138. The summed E-state index contributed by atoms with van der Waals surface area (Å²) < 4.78 is 5.80. The van der Waals surface area contributed by atoms with Gasteiger partial charge in [-0.3, -0.25) is 10.1 Å². The molecule has 172 valence electrons. The van der Waals surface area contributed by atoms with Crippen molar-refractivity contribution in [3.05, 3.63) is 124 Å². The number of nitro benzene ring substituents is 1. The summed E-state index contributed by atoms with van der Waals surface area (Å²) in [6.07, 6.45) is 5.26. The SMILES string of the molecule is O=C(Oc1ccc2ccccc2c1)c1cccc2c1N[C@H](c1ccc([N+](=O)[O-])cc1)[C@H]1CC=C[C@@H]21. The van der Waals surface area contributed by atoms with Crippen LogP contribution in [0.5, 0.6) is 5.75 Å². The van der Waals surface area contributed by atoms with Crippen LogP contribution in [0.1, 0.15) is 39.9 Å². The molecule has 35 heavy (non-hydrogen) atoms. The van der Waals surface area contributed by atoms with E-state index in [4.69, 9.17) is 4.74 Å². The summed E-state index contributed by atoms with van der Waals surface area (Å²) in [6.45, 7) is 0. The van der Waals surface area contributed by atoms with Crippen LogP contribution in [-0.4, -0.2) is 10.9 Å². The highest BCUT2D eigenvalue weighted by Gasteiger charge is 2.39. The Kier molecular flexibility index (Phi) is 5.07. The Labute approximate surface area is 202 Å². The van der Waals surface area contributed by atoms with E-state index < -0.39 is 10.9 Å². The normalized spacial score (nSPS) is 20.1. The number of hydrogen-bond donors (Lipinski definition) is 1. The van der Waals surface area contributed by atoms with E-state index in [9.17, 15) is 14.9 Å². The van der Waals surface area contributed by atoms with E-state index in [-0.39, 0.29) is 23.6 Å². The lowest BCUT2D eigenvalue weighted by atomic mass is 9.76. The first kappa shape index (κ1) is 21.1. The van der Waals surface area contributed by atoms with E-state index in [0.29, 0.717) is 11.3 Å². The topological polar surface area (TPSA) is 81.5 Å². The number of nitrogens with zero attached hydrogens (tertiary/aromatic N) is 1. The minimum atomic E-state index is -0.424. The van der Waals surface area contributed by atoms with E-state index in [1.165, 1.54) is 12.1 Å². The number of hydrogen-bond acceptors (Lipinski definition) is 5. The number of benzene rings is 4. The Bertz CT molecular complexity index is 1490. The summed E-state index contributed by atoms with van der Waals surface area (Å²) in [5, 5.41) is 16.8. The zero-order valence-corrected chi connectivity index (χ0v) is 18.8. The minimum Gasteiger partial charge on any atom is -0.423 e. The van der Waals surface area contributed by atoms with Gasteiger partial charge in [-0.1, -0.05) is 66.7 Å². The van der Waals surface area contributed by atoms with Crippen LogP contribution in [0.15, 0.2) is 97.1 Å². The molecular weight excluding hydrogens is 440 g/mol. The van der Waals surface area contributed by atoms with Gasteiger partial charge in [0.2, 0.25) is 0 Å². The second-order valence-corrected chi connectivity index (χ2v) is 8.99. The molecule has 4 aromatic carbocycles. The molecule has 0 unspecified atom stereocenters. The fourth-order valence-corrected chi connectivity index (χ4v) is 5.32. The fourth-order valence-electron chi connectivity index (χ4n) is 5.32. The third-order valence-corrected chi connectivity index (χ3v) is 7.01. The van der Waals surface area contributed by atoms with Crippen molar-refractivity contribution < 1.29 is 14.5 Å². The molecule has 1 heterocycles. The molecular formula is C29H22N2O4. The summed E-state index contributed by atoms with van der Waals surface area (Å²) in [5.41, 5.74) is 3.31. The summed E-state index contributed by atoms with van der Waals surface area (Å²) in [6, 6.07) is 25.8. The van der Waals surface area contributed by atoms with Crippen LogP contribution >= 0.6 is 0 Å². The van der Waals surface area contributed by atoms with E-state index in [0.717, 1.165) is 34.0 Å². The van der Waals surface area contributed by atoms with Crippen molar-refractivity contribution in [2.75, 3.05) is 5.32 Å². The first-order chi connectivity index (χ1) is 17.1. The van der Waals surface area contributed by atoms with Crippen LogP contribution in [0.3, 0.4) is 0 Å². The number of rotatable bonds is 4. The predicted molar refractivity (Wildman–Crippen MR) is 135 cm³/mol. The van der Waals surface area contributed by atoms with Crippen molar-refractivity contribution in [1.29, 1.82) is 0 Å². The van der Waals surface area contributed by atoms with Crippen molar-refractivity contribution in [3.63, 3.8) is 0 Å². The van der Waals surface area contributed by atoms with E-state index in [1.807, 2.05) is 42.5 Å². The standard InChI is InChI=1S/C29H22N2O4/c32-29(35-22-16-13-18-5-1-2-6-20(18)17-22)26-10-4-9-25-23-7-3-8-24(23)27(30-28(25)26)19-11-14-21(15-12-19)31(33)34/h1-7,9-17,23-24,27,30H,8H2/t23-,24+,27-/m1/s1. The maximum absolute atomic E-state index is 13.3. The molecule has 0 spiro atoms. The third-order valence-electron chi connectivity index (χ3n) is 7.01. The van der Waals surface area contributed by atoms with Gasteiger partial charge < -0.3 is 10.1 Å². The Balaban J connectivity index is 1.34. The van der Waals surface area contributed by atoms with Gasteiger partial charge in [0.25, 0.3) is 5.69 Å². The largest absolute Gasteiger partial charge is 0.423 e. The number of non-ortho nitro benzene ring substituents is 1. The number of nitro groups is 1. The van der Waals surface area contributed by atoms with Gasteiger partial charge in [0.05, 0.1) is 22.2 Å². The second-order valence-electron chi connectivity index (χ2n) is 8.99. The predicted octanol–water partition coefficient (Wildman–Crippen LogP) is 6.79. The zero-order valence-electron chi connectivity index (χ0n) is 18.8. The monoisotopic (exact) mass is 462 g/mol. The van der Waals surface area contributed by atoms with E-state index >= 15 is 0 Å². The van der Waals surface area contributed by atoms with Gasteiger partial charge in [0.15, 0.2) is 0 Å². The maximum atomic E-state index is 13.3. The summed E-state index contributed by atoms with van der Waals surface area (Å²) in [7, 11) is 0. The van der Waals surface area contributed by atoms with E-state index in [2.05, 4.69) is 23.5 Å². The molecule has 0 saturated heterocycles. The van der Waals surface area contributed by atoms with Crippen molar-refractivity contribution >= 4 is 28.1 Å². The molecule has 0 radical (unpaired) electrons. The van der Waals surface area contributed by atoms with Gasteiger partial charge >= 0.3 is 5.97 Å². The van der Waals surface area contributed by atoms with Crippen LogP contribution in [0, 0.1) is 16.0 Å². The lowest BCUT2D eigenvalue weighted by Crippen LogP contribution is -2.30. The number of carbonyl (C=O) groups is 1. The van der Waals surface area contributed by atoms with Gasteiger partial charge in [0, 0.05) is 18.1 Å². The molecule has 6 heteroatoms. The van der Waals surface area contributed by atoms with Crippen LogP contribution in [0.2, 0.25) is 0 Å². The van der Waals surface area contributed by atoms with Crippen molar-refractivity contribution in [3.8, 4) is 5.75 Å². The molecule has 0 bridgehead atoms. The number of carbonyl (C=O) groups excluding carboxylic acids is 1. The molecule has 0 fully saturated rings. The molecule has 4 aromatic rings. The molecule has 0 saturated carbocycles. The average Bonchev–Trinajstić information content (AvgIpc) is 3.38. The van der Waals surface area contributed by atoms with Gasteiger partial charge in [0.1, 0.15) is 5.75 Å². The summed E-state index contributed by atoms with van der Waals surface area (Å²) in [4.78, 5) is 24.0. The lowest BCUT2D eigenvalue weighted by Gasteiger charge is -2.38. The highest BCUT2D eigenvalue weighted by atomic mass is 16.6. The number of fused-ring (bicyclic) bond motifs is 4. The number of para-hydroxylation sites is 1. The van der Waals surface area contributed by atoms with Gasteiger partial charge in [-0.2, -0.15) is 0 Å². The molecule has 1 N–H and O–H groups in total. The molecule has 1 aliphatic carbocycles. The quantitative estimate of drug-likeness (QED) is 0.119. The smallest absolute Gasteiger partial charge is 0.345 e.